The summed E-state index contributed by atoms with van der Waals surface area (Å²) >= 11 is 0. The van der Waals surface area contributed by atoms with Gasteiger partial charge in [0, 0.05) is 17.2 Å². The van der Waals surface area contributed by atoms with Crippen LogP contribution in [0.1, 0.15) is 5.56 Å². The molecule has 1 aliphatic rings. The highest BCUT2D eigenvalue weighted by Crippen LogP contribution is 2.49. The molecule has 0 fully saturated rings. The number of nitrogens with zero attached hydrogens (tertiary/aromatic N) is 1. The Bertz CT molecular complexity index is 1120. The van der Waals surface area contributed by atoms with Gasteiger partial charge in [0.05, 0.1) is 5.56 Å². The van der Waals surface area contributed by atoms with Crippen LogP contribution in [0.15, 0.2) is 72.9 Å². The molecule has 5 rings (SSSR count). The van der Waals surface area contributed by atoms with Gasteiger partial charge >= 0.3 is 0 Å². The molecule has 0 N–H and O–H groups in total. The van der Waals surface area contributed by atoms with E-state index >= 15 is 0 Å². The van der Waals surface area contributed by atoms with E-state index in [1.165, 1.54) is 49.8 Å². The minimum absolute atomic E-state index is 1.30. The number of pyridine rings is 1. The van der Waals surface area contributed by atoms with E-state index in [-0.39, 0.29) is 0 Å². The highest BCUT2D eigenvalue weighted by Gasteiger charge is 2.29. The number of rotatable bonds is 1. The molecule has 0 saturated carbocycles. The Morgan fingerprint density at radius 1 is 0.667 bits per heavy atom. The van der Waals surface area contributed by atoms with Crippen molar-refractivity contribution >= 4 is 10.8 Å². The first-order valence-corrected chi connectivity index (χ1v) is 8.37. The molecule has 3 aromatic carbocycles. The summed E-state index contributed by atoms with van der Waals surface area (Å²) in [5, 5.41) is 2.70. The Hall–Kier alpha value is -2.93. The van der Waals surface area contributed by atoms with Crippen LogP contribution in [0.3, 0.4) is 0 Å². The topological polar surface area (TPSA) is 3.88 Å². The third-order valence-corrected chi connectivity index (χ3v) is 5.19. The molecule has 1 nitrogen and oxygen atoms in total. The normalized spacial score (nSPS) is 11.8. The lowest BCUT2D eigenvalue weighted by atomic mass is 9.95. The quantitative estimate of drug-likeness (QED) is 0.371. The Morgan fingerprint density at radius 3 is 2.17 bits per heavy atom. The summed E-state index contributed by atoms with van der Waals surface area (Å²) in [5.41, 5.74) is 9.33. The number of hydrogen-bond donors (Lipinski definition) is 0. The molecule has 0 spiro atoms. The van der Waals surface area contributed by atoms with Gasteiger partial charge in [-0.2, -0.15) is 0 Å². The van der Waals surface area contributed by atoms with Gasteiger partial charge < -0.3 is 0 Å². The van der Waals surface area contributed by atoms with Gasteiger partial charge in [0.2, 0.25) is 5.69 Å². The van der Waals surface area contributed by atoms with Crippen molar-refractivity contribution in [2.45, 2.75) is 6.92 Å². The van der Waals surface area contributed by atoms with E-state index in [4.69, 9.17) is 0 Å². The van der Waals surface area contributed by atoms with Crippen LogP contribution in [0.2, 0.25) is 0 Å². The van der Waals surface area contributed by atoms with Crippen LogP contribution in [-0.2, 0) is 7.05 Å². The van der Waals surface area contributed by atoms with Crippen molar-refractivity contribution < 1.29 is 4.57 Å². The number of aromatic nitrogens is 1. The van der Waals surface area contributed by atoms with Gasteiger partial charge in [0.25, 0.3) is 0 Å². The second kappa shape index (κ2) is 4.78. The fraction of sp³-hybridized carbons (Fsp3) is 0.0870. The van der Waals surface area contributed by atoms with Crippen LogP contribution in [0, 0.1) is 6.92 Å². The number of aryl methyl sites for hydroxylation is 2. The standard InChI is InChI=1S/C23H18N/c1-15-7-3-4-10-17(15)23-22-19(13-14-24(23)2)18-11-5-8-16-9-6-12-20(22)21(16)18/h3-14H,1-2H3/q+1. The van der Waals surface area contributed by atoms with Crippen molar-refractivity contribution in [2.75, 3.05) is 0 Å². The summed E-state index contributed by atoms with van der Waals surface area (Å²) in [6.07, 6.45) is 2.19. The van der Waals surface area contributed by atoms with Crippen LogP contribution in [0.5, 0.6) is 0 Å². The van der Waals surface area contributed by atoms with E-state index in [1.54, 1.807) is 0 Å². The van der Waals surface area contributed by atoms with Gasteiger partial charge in [-0.25, -0.2) is 4.57 Å². The van der Waals surface area contributed by atoms with Gasteiger partial charge in [-0.05, 0) is 40.5 Å². The zero-order chi connectivity index (χ0) is 16.3. The van der Waals surface area contributed by atoms with Gasteiger partial charge in [-0.15, -0.1) is 0 Å². The van der Waals surface area contributed by atoms with Gasteiger partial charge in [-0.1, -0.05) is 54.6 Å². The monoisotopic (exact) mass is 308 g/mol. The second-order valence-corrected chi connectivity index (χ2v) is 6.59. The third-order valence-electron chi connectivity index (χ3n) is 5.19. The molecule has 0 amide bonds. The molecule has 0 bridgehead atoms. The molecule has 114 valence electrons. The lowest BCUT2D eigenvalue weighted by molar-refractivity contribution is -0.659. The summed E-state index contributed by atoms with van der Waals surface area (Å²) in [6.45, 7) is 2.19. The van der Waals surface area contributed by atoms with Crippen molar-refractivity contribution in [3.05, 3.63) is 78.5 Å². The molecule has 0 unspecified atom stereocenters. The maximum atomic E-state index is 2.26. The van der Waals surface area contributed by atoms with E-state index < -0.39 is 0 Å². The number of fused-ring (bicyclic) bond motifs is 3. The average molecular weight is 308 g/mol. The Morgan fingerprint density at radius 2 is 1.38 bits per heavy atom. The second-order valence-electron chi connectivity index (χ2n) is 6.59. The fourth-order valence-electron chi connectivity index (χ4n) is 4.08. The summed E-state index contributed by atoms with van der Waals surface area (Å²) in [5.74, 6) is 0. The van der Waals surface area contributed by atoms with E-state index in [9.17, 15) is 0 Å². The largest absolute Gasteiger partial charge is 0.221 e. The maximum Gasteiger partial charge on any atom is 0.221 e. The zero-order valence-electron chi connectivity index (χ0n) is 13.9. The van der Waals surface area contributed by atoms with Crippen molar-refractivity contribution in [2.24, 2.45) is 7.05 Å². The first-order chi connectivity index (χ1) is 11.8. The Labute approximate surface area is 141 Å². The molecule has 1 aromatic heterocycles. The zero-order valence-corrected chi connectivity index (χ0v) is 13.9. The molecule has 0 aliphatic heterocycles. The van der Waals surface area contributed by atoms with Gasteiger partial charge in [-0.3, -0.25) is 0 Å². The van der Waals surface area contributed by atoms with E-state index in [2.05, 4.69) is 91.5 Å². The molecule has 1 aliphatic carbocycles. The molecule has 0 saturated heterocycles. The first-order valence-electron chi connectivity index (χ1n) is 8.37. The predicted octanol–water partition coefficient (Wildman–Crippen LogP) is 5.29. The lowest BCUT2D eigenvalue weighted by Crippen LogP contribution is -2.31. The van der Waals surface area contributed by atoms with Crippen molar-refractivity contribution in [3.8, 4) is 33.5 Å². The Balaban J connectivity index is 1.96. The Kier molecular flexibility index (Phi) is 2.69. The van der Waals surface area contributed by atoms with Gasteiger partial charge in [0.15, 0.2) is 6.20 Å². The maximum absolute atomic E-state index is 2.26. The van der Waals surface area contributed by atoms with Crippen molar-refractivity contribution in [3.63, 3.8) is 0 Å². The molecule has 24 heavy (non-hydrogen) atoms. The van der Waals surface area contributed by atoms with E-state index in [0.29, 0.717) is 0 Å². The van der Waals surface area contributed by atoms with Crippen LogP contribution < -0.4 is 4.57 Å². The minimum atomic E-state index is 1.30. The molecular formula is C23H18N+. The highest BCUT2D eigenvalue weighted by atomic mass is 14.9. The summed E-state index contributed by atoms with van der Waals surface area (Å²) < 4.78 is 2.26. The van der Waals surface area contributed by atoms with Crippen LogP contribution in [0.4, 0.5) is 0 Å². The van der Waals surface area contributed by atoms with E-state index in [1.807, 2.05) is 0 Å². The molecule has 4 aromatic rings. The fourth-order valence-corrected chi connectivity index (χ4v) is 4.08. The minimum Gasteiger partial charge on any atom is -0.200 e. The van der Waals surface area contributed by atoms with Crippen molar-refractivity contribution in [1.82, 2.24) is 0 Å². The summed E-state index contributed by atoms with van der Waals surface area (Å²) in [7, 11) is 2.14. The average Bonchev–Trinajstić information content (AvgIpc) is 2.93. The summed E-state index contributed by atoms with van der Waals surface area (Å²) in [4.78, 5) is 0. The summed E-state index contributed by atoms with van der Waals surface area (Å²) in [6, 6.07) is 24.2. The van der Waals surface area contributed by atoms with Crippen LogP contribution >= 0.6 is 0 Å². The molecular weight excluding hydrogens is 290 g/mol. The number of hydrogen-bond acceptors (Lipinski definition) is 0. The lowest BCUT2D eigenvalue weighted by Gasteiger charge is -2.10. The molecule has 1 heterocycles. The van der Waals surface area contributed by atoms with Crippen molar-refractivity contribution in [1.29, 1.82) is 0 Å². The predicted molar refractivity (Wildman–Crippen MR) is 99.7 cm³/mol. The molecule has 1 heteroatoms. The van der Waals surface area contributed by atoms with Crippen LogP contribution in [-0.4, -0.2) is 0 Å². The van der Waals surface area contributed by atoms with Gasteiger partial charge in [0.1, 0.15) is 7.05 Å². The van der Waals surface area contributed by atoms with Crippen LogP contribution in [0.25, 0.3) is 44.3 Å². The smallest absolute Gasteiger partial charge is 0.200 e. The van der Waals surface area contributed by atoms with E-state index in [0.717, 1.165) is 0 Å². The third kappa shape index (κ3) is 1.67. The first kappa shape index (κ1) is 13.5. The molecule has 0 radical (unpaired) electrons. The highest BCUT2D eigenvalue weighted by molar-refractivity contribution is 6.17. The number of benzene rings is 3. The molecule has 0 atom stereocenters. The SMILES string of the molecule is Cc1ccccc1-c1c2c(cc[n+]1C)-c1cccc3cccc-2c13.